The van der Waals surface area contributed by atoms with Gasteiger partial charge in [-0.3, -0.25) is 9.67 Å². The molecule has 5 heterocycles. The van der Waals surface area contributed by atoms with Crippen molar-refractivity contribution in [1.82, 2.24) is 35.0 Å². The first-order valence-corrected chi connectivity index (χ1v) is 12.5. The monoisotopic (exact) mass is 477 g/mol. The van der Waals surface area contributed by atoms with E-state index in [1.165, 1.54) is 18.4 Å². The number of hydrogen-bond donors (Lipinski definition) is 2. The smallest absolute Gasteiger partial charge is 0.162 e. The molecule has 0 atom stereocenters. The Bertz CT molecular complexity index is 1580. The van der Waals surface area contributed by atoms with E-state index in [-0.39, 0.29) is 0 Å². The molecule has 4 aromatic heterocycles. The molecule has 1 saturated heterocycles. The molecule has 5 aromatic rings. The summed E-state index contributed by atoms with van der Waals surface area (Å²) in [6.45, 7) is 3.75. The van der Waals surface area contributed by atoms with Crippen LogP contribution >= 0.6 is 0 Å². The van der Waals surface area contributed by atoms with E-state index in [0.717, 1.165) is 65.2 Å². The minimum Gasteiger partial charge on any atom is -0.353 e. The van der Waals surface area contributed by atoms with E-state index in [2.05, 4.69) is 42.7 Å². The van der Waals surface area contributed by atoms with Crippen LogP contribution in [-0.2, 0) is 7.05 Å². The maximum atomic E-state index is 5.15. The summed E-state index contributed by atoms with van der Waals surface area (Å²) in [5, 5.41) is 13.7. The average Bonchev–Trinajstić information content (AvgIpc) is 3.73. The molecule has 180 valence electrons. The summed E-state index contributed by atoms with van der Waals surface area (Å²) in [4.78, 5) is 21.6. The molecule has 0 amide bonds. The van der Waals surface area contributed by atoms with Gasteiger partial charge in [-0.25, -0.2) is 15.0 Å². The number of fused-ring (bicyclic) bond motifs is 2. The van der Waals surface area contributed by atoms with Gasteiger partial charge in [-0.1, -0.05) is 12.1 Å². The zero-order valence-electron chi connectivity index (χ0n) is 20.1. The Morgan fingerprint density at radius 2 is 1.89 bits per heavy atom. The van der Waals surface area contributed by atoms with Crippen molar-refractivity contribution in [2.75, 3.05) is 36.4 Å². The lowest BCUT2D eigenvalue weighted by molar-refractivity contribution is 0.586. The average molecular weight is 478 g/mol. The summed E-state index contributed by atoms with van der Waals surface area (Å²) in [6, 6.07) is 12.1. The molecule has 0 bridgehead atoms. The van der Waals surface area contributed by atoms with Gasteiger partial charge in [0.25, 0.3) is 0 Å². The lowest BCUT2D eigenvalue weighted by atomic mass is 10.1. The van der Waals surface area contributed by atoms with E-state index in [1.54, 1.807) is 6.20 Å². The normalized spacial score (nSPS) is 16.1. The lowest BCUT2D eigenvalue weighted by Crippen LogP contribution is -2.44. The van der Waals surface area contributed by atoms with Gasteiger partial charge in [0.1, 0.15) is 11.6 Å². The predicted molar refractivity (Wildman–Crippen MR) is 142 cm³/mol. The molecule has 2 aliphatic rings. The SMILES string of the molecule is Cn1nc(Nc2cc(-c3nc(N4CCNCC4)c4c(C5CC5)cncc4n3)ccn2)c2ccccc21. The van der Waals surface area contributed by atoms with Gasteiger partial charge in [0.15, 0.2) is 11.6 Å². The van der Waals surface area contributed by atoms with Crippen molar-refractivity contribution >= 4 is 39.3 Å². The molecule has 0 spiro atoms. The Morgan fingerprint density at radius 1 is 1.03 bits per heavy atom. The van der Waals surface area contributed by atoms with E-state index < -0.39 is 0 Å². The zero-order valence-corrected chi connectivity index (χ0v) is 20.1. The Balaban J connectivity index is 1.31. The van der Waals surface area contributed by atoms with Crippen LogP contribution in [0.25, 0.3) is 33.2 Å². The van der Waals surface area contributed by atoms with Crippen molar-refractivity contribution in [3.8, 4) is 11.4 Å². The van der Waals surface area contributed by atoms with Gasteiger partial charge in [0.05, 0.1) is 17.2 Å². The van der Waals surface area contributed by atoms with Gasteiger partial charge in [0.2, 0.25) is 0 Å². The molecule has 1 aliphatic carbocycles. The molecule has 0 unspecified atom stereocenters. The second-order valence-corrected chi connectivity index (χ2v) is 9.55. The summed E-state index contributed by atoms with van der Waals surface area (Å²) in [5.41, 5.74) is 4.16. The molecule has 9 heteroatoms. The molecule has 7 rings (SSSR count). The maximum Gasteiger partial charge on any atom is 0.162 e. The number of para-hydroxylation sites is 1. The van der Waals surface area contributed by atoms with Crippen molar-refractivity contribution in [3.63, 3.8) is 0 Å². The molecule has 9 nitrogen and oxygen atoms in total. The first kappa shape index (κ1) is 21.2. The van der Waals surface area contributed by atoms with Crippen LogP contribution in [0.4, 0.5) is 17.5 Å². The Hall–Kier alpha value is -4.11. The van der Waals surface area contributed by atoms with Crippen molar-refractivity contribution in [2.24, 2.45) is 7.05 Å². The van der Waals surface area contributed by atoms with Crippen LogP contribution < -0.4 is 15.5 Å². The van der Waals surface area contributed by atoms with Crippen molar-refractivity contribution < 1.29 is 0 Å². The Labute approximate surface area is 208 Å². The van der Waals surface area contributed by atoms with Gasteiger partial charge in [-0.2, -0.15) is 5.10 Å². The number of piperazine rings is 1. The number of nitrogens with zero attached hydrogens (tertiary/aromatic N) is 7. The first-order chi connectivity index (χ1) is 17.7. The number of benzene rings is 1. The Kier molecular flexibility index (Phi) is 5.02. The third-order valence-electron chi connectivity index (χ3n) is 7.07. The van der Waals surface area contributed by atoms with Gasteiger partial charge >= 0.3 is 0 Å². The summed E-state index contributed by atoms with van der Waals surface area (Å²) in [6.07, 6.45) is 8.11. The number of hydrogen-bond acceptors (Lipinski definition) is 8. The molecule has 2 fully saturated rings. The van der Waals surface area contributed by atoms with Crippen molar-refractivity contribution in [3.05, 3.63) is 60.6 Å². The van der Waals surface area contributed by atoms with Gasteiger partial charge < -0.3 is 15.5 Å². The van der Waals surface area contributed by atoms with E-state index in [4.69, 9.17) is 9.97 Å². The second-order valence-electron chi connectivity index (χ2n) is 9.55. The largest absolute Gasteiger partial charge is 0.353 e. The number of pyridine rings is 2. The van der Waals surface area contributed by atoms with E-state index in [0.29, 0.717) is 17.6 Å². The van der Waals surface area contributed by atoms with Crippen LogP contribution in [0.1, 0.15) is 24.3 Å². The number of aromatic nitrogens is 6. The lowest BCUT2D eigenvalue weighted by Gasteiger charge is -2.30. The minimum absolute atomic E-state index is 0.572. The van der Waals surface area contributed by atoms with Gasteiger partial charge in [-0.15, -0.1) is 0 Å². The molecule has 0 radical (unpaired) electrons. The zero-order chi connectivity index (χ0) is 24.1. The summed E-state index contributed by atoms with van der Waals surface area (Å²) in [7, 11) is 1.95. The molecular formula is C27H27N9. The van der Waals surface area contributed by atoms with E-state index in [9.17, 15) is 0 Å². The van der Waals surface area contributed by atoms with Crippen LogP contribution in [0.2, 0.25) is 0 Å². The fourth-order valence-electron chi connectivity index (χ4n) is 5.09. The predicted octanol–water partition coefficient (Wildman–Crippen LogP) is 4.00. The molecule has 1 aromatic carbocycles. The third kappa shape index (κ3) is 3.72. The maximum absolute atomic E-state index is 5.15. The molecule has 2 N–H and O–H groups in total. The first-order valence-electron chi connectivity index (χ1n) is 12.5. The number of aryl methyl sites for hydroxylation is 1. The van der Waals surface area contributed by atoms with Crippen LogP contribution in [0.15, 0.2) is 55.0 Å². The highest BCUT2D eigenvalue weighted by Crippen LogP contribution is 2.44. The number of nitrogens with one attached hydrogen (secondary N) is 2. The number of rotatable bonds is 5. The highest BCUT2D eigenvalue weighted by atomic mass is 15.3. The van der Waals surface area contributed by atoms with Gasteiger partial charge in [0, 0.05) is 62.0 Å². The van der Waals surface area contributed by atoms with Crippen LogP contribution in [0.5, 0.6) is 0 Å². The highest BCUT2D eigenvalue weighted by molar-refractivity contribution is 5.94. The number of anilines is 3. The van der Waals surface area contributed by atoms with Gasteiger partial charge in [-0.05, 0) is 48.6 Å². The summed E-state index contributed by atoms with van der Waals surface area (Å²) >= 11 is 0. The molecule has 1 aliphatic heterocycles. The van der Waals surface area contributed by atoms with E-state index >= 15 is 0 Å². The minimum atomic E-state index is 0.572. The van der Waals surface area contributed by atoms with E-state index in [1.807, 2.05) is 48.4 Å². The fraction of sp³-hybridized carbons (Fsp3) is 0.296. The standard InChI is InChI=1S/C27H27N9/c1-35-22-5-3-2-4-19(22)26(34-35)32-23-14-18(8-9-30-23)25-31-21-16-29-15-20(17-6-7-17)24(21)27(33-25)36-12-10-28-11-13-36/h2-5,8-9,14-17,28H,6-7,10-13H2,1H3,(H,30,32,34). The Morgan fingerprint density at radius 3 is 2.75 bits per heavy atom. The quantitative estimate of drug-likeness (QED) is 0.392. The topological polar surface area (TPSA) is 96.7 Å². The van der Waals surface area contributed by atoms with Crippen LogP contribution in [0, 0.1) is 0 Å². The van der Waals surface area contributed by atoms with Crippen molar-refractivity contribution in [1.29, 1.82) is 0 Å². The highest BCUT2D eigenvalue weighted by Gasteiger charge is 2.29. The second kappa shape index (κ2) is 8.53. The third-order valence-corrected chi connectivity index (χ3v) is 7.07. The van der Waals surface area contributed by atoms with Crippen LogP contribution in [-0.4, -0.2) is 55.9 Å². The fourth-order valence-corrected chi connectivity index (χ4v) is 5.09. The summed E-state index contributed by atoms with van der Waals surface area (Å²) in [5.74, 6) is 3.75. The summed E-state index contributed by atoms with van der Waals surface area (Å²) < 4.78 is 1.87. The van der Waals surface area contributed by atoms with Crippen LogP contribution in [0.3, 0.4) is 0 Å². The molecule has 1 saturated carbocycles. The van der Waals surface area contributed by atoms with Crippen molar-refractivity contribution in [2.45, 2.75) is 18.8 Å². The molecular weight excluding hydrogens is 450 g/mol. The molecule has 36 heavy (non-hydrogen) atoms.